The van der Waals surface area contributed by atoms with Gasteiger partial charge >= 0.3 is 5.97 Å². The summed E-state index contributed by atoms with van der Waals surface area (Å²) in [5.74, 6) is -1.79. The van der Waals surface area contributed by atoms with Crippen molar-refractivity contribution in [3.05, 3.63) is 11.7 Å². The van der Waals surface area contributed by atoms with E-state index >= 15 is 0 Å². The van der Waals surface area contributed by atoms with Gasteiger partial charge in [0.2, 0.25) is 0 Å². The lowest BCUT2D eigenvalue weighted by Gasteiger charge is -2.00. The second kappa shape index (κ2) is 4.53. The Morgan fingerprint density at radius 3 is 2.31 bits per heavy atom. The fourth-order valence-electron chi connectivity index (χ4n) is 1.35. The second-order valence-corrected chi connectivity index (χ2v) is 2.87. The van der Waals surface area contributed by atoms with Crippen molar-refractivity contribution in [1.82, 2.24) is 0 Å². The SMILES string of the molecule is Cl.NC1CC(C(=O)O)CC1=C(F)F. The van der Waals surface area contributed by atoms with E-state index in [0.29, 0.717) is 0 Å². The number of carboxylic acids is 1. The van der Waals surface area contributed by atoms with Crippen molar-refractivity contribution >= 4 is 18.4 Å². The lowest BCUT2D eigenvalue weighted by Crippen LogP contribution is -2.19. The molecule has 76 valence electrons. The van der Waals surface area contributed by atoms with Gasteiger partial charge in [-0.25, -0.2) is 0 Å². The standard InChI is InChI=1S/C7H9F2NO2.ClH/c8-6(9)4-1-3(7(11)12)2-5(4)10;/h3,5H,1-2,10H2,(H,11,12);1H. The van der Waals surface area contributed by atoms with Crippen molar-refractivity contribution in [1.29, 1.82) is 0 Å². The van der Waals surface area contributed by atoms with Gasteiger partial charge in [-0.05, 0) is 12.8 Å². The molecule has 1 aliphatic carbocycles. The highest BCUT2D eigenvalue weighted by atomic mass is 35.5. The van der Waals surface area contributed by atoms with E-state index < -0.39 is 24.0 Å². The Balaban J connectivity index is 0.00000144. The minimum absolute atomic E-state index is 0. The maximum Gasteiger partial charge on any atom is 0.306 e. The fraction of sp³-hybridized carbons (Fsp3) is 0.571. The second-order valence-electron chi connectivity index (χ2n) is 2.87. The quantitative estimate of drug-likeness (QED) is 0.692. The maximum atomic E-state index is 12.0. The molecule has 3 nitrogen and oxygen atoms in total. The molecule has 0 bridgehead atoms. The van der Waals surface area contributed by atoms with Crippen LogP contribution < -0.4 is 5.73 Å². The summed E-state index contributed by atoms with van der Waals surface area (Å²) in [6.07, 6.45) is -1.83. The molecule has 0 amide bonds. The van der Waals surface area contributed by atoms with Gasteiger partial charge < -0.3 is 10.8 Å². The van der Waals surface area contributed by atoms with Crippen LogP contribution in [0.5, 0.6) is 0 Å². The normalized spacial score (nSPS) is 26.8. The largest absolute Gasteiger partial charge is 0.481 e. The zero-order valence-corrected chi connectivity index (χ0v) is 7.48. The number of halogens is 3. The van der Waals surface area contributed by atoms with Crippen LogP contribution in [-0.2, 0) is 4.79 Å². The van der Waals surface area contributed by atoms with Crippen LogP contribution in [0.3, 0.4) is 0 Å². The summed E-state index contributed by atoms with van der Waals surface area (Å²) in [7, 11) is 0. The first-order valence-corrected chi connectivity index (χ1v) is 3.54. The first-order chi connectivity index (χ1) is 5.52. The predicted octanol–water partition coefficient (Wildman–Crippen LogP) is 1.38. The van der Waals surface area contributed by atoms with Crippen molar-refractivity contribution in [3.8, 4) is 0 Å². The van der Waals surface area contributed by atoms with E-state index in [9.17, 15) is 13.6 Å². The van der Waals surface area contributed by atoms with Crippen LogP contribution in [0.25, 0.3) is 0 Å². The molecule has 13 heavy (non-hydrogen) atoms. The predicted molar refractivity (Wildman–Crippen MR) is 44.8 cm³/mol. The summed E-state index contributed by atoms with van der Waals surface area (Å²) < 4.78 is 24.1. The molecule has 1 aliphatic rings. The third kappa shape index (κ3) is 2.63. The maximum absolute atomic E-state index is 12.0. The van der Waals surface area contributed by atoms with Crippen molar-refractivity contribution < 1.29 is 18.7 Å². The van der Waals surface area contributed by atoms with Gasteiger partial charge in [0.25, 0.3) is 6.08 Å². The summed E-state index contributed by atoms with van der Waals surface area (Å²) in [5.41, 5.74) is 5.10. The van der Waals surface area contributed by atoms with E-state index in [1.54, 1.807) is 0 Å². The molecule has 2 atom stereocenters. The number of carboxylic acid groups (broad SMARTS) is 1. The minimum atomic E-state index is -1.83. The highest BCUT2D eigenvalue weighted by Gasteiger charge is 2.34. The van der Waals surface area contributed by atoms with E-state index in [2.05, 4.69) is 0 Å². The zero-order chi connectivity index (χ0) is 9.30. The smallest absolute Gasteiger partial charge is 0.306 e. The van der Waals surface area contributed by atoms with Gasteiger partial charge in [-0.15, -0.1) is 12.4 Å². The fourth-order valence-corrected chi connectivity index (χ4v) is 1.35. The van der Waals surface area contributed by atoms with Crippen LogP contribution in [0.2, 0.25) is 0 Å². The molecule has 0 aromatic heterocycles. The monoisotopic (exact) mass is 213 g/mol. The summed E-state index contributed by atoms with van der Waals surface area (Å²) in [6.45, 7) is 0. The van der Waals surface area contributed by atoms with E-state index in [0.717, 1.165) is 0 Å². The van der Waals surface area contributed by atoms with Crippen LogP contribution >= 0.6 is 12.4 Å². The Kier molecular flexibility index (Phi) is 4.29. The lowest BCUT2D eigenvalue weighted by molar-refractivity contribution is -0.141. The van der Waals surface area contributed by atoms with Gasteiger partial charge in [0, 0.05) is 11.6 Å². The average molecular weight is 214 g/mol. The molecule has 0 saturated heterocycles. The molecule has 0 radical (unpaired) electrons. The van der Waals surface area contributed by atoms with Crippen molar-refractivity contribution in [2.45, 2.75) is 18.9 Å². The molecule has 2 unspecified atom stereocenters. The van der Waals surface area contributed by atoms with Gasteiger partial charge in [-0.3, -0.25) is 4.79 Å². The van der Waals surface area contributed by atoms with Crippen LogP contribution in [0, 0.1) is 5.92 Å². The highest BCUT2D eigenvalue weighted by molar-refractivity contribution is 5.85. The molecule has 0 aromatic carbocycles. The summed E-state index contributed by atoms with van der Waals surface area (Å²) in [4.78, 5) is 10.4. The minimum Gasteiger partial charge on any atom is -0.481 e. The van der Waals surface area contributed by atoms with E-state index in [1.165, 1.54) is 0 Å². The molecular weight excluding hydrogens is 204 g/mol. The van der Waals surface area contributed by atoms with Gasteiger partial charge in [0.15, 0.2) is 0 Å². The Morgan fingerprint density at radius 1 is 1.54 bits per heavy atom. The number of nitrogens with two attached hydrogens (primary N) is 1. The third-order valence-corrected chi connectivity index (χ3v) is 2.04. The molecule has 1 saturated carbocycles. The molecule has 1 rings (SSSR count). The van der Waals surface area contributed by atoms with E-state index in [-0.39, 0.29) is 30.8 Å². The Bertz CT molecular complexity index is 241. The number of aliphatic carboxylic acids is 1. The molecule has 0 aliphatic heterocycles. The topological polar surface area (TPSA) is 63.3 Å². The van der Waals surface area contributed by atoms with E-state index in [1.807, 2.05) is 0 Å². The molecule has 6 heteroatoms. The molecule has 1 fully saturated rings. The number of hydrogen-bond acceptors (Lipinski definition) is 2. The Hall–Kier alpha value is -0.680. The number of carbonyl (C=O) groups is 1. The summed E-state index contributed by atoms with van der Waals surface area (Å²) in [5, 5.41) is 8.51. The van der Waals surface area contributed by atoms with Crippen LogP contribution in [0.4, 0.5) is 8.78 Å². The van der Waals surface area contributed by atoms with Crippen LogP contribution in [0.15, 0.2) is 11.7 Å². The summed E-state index contributed by atoms with van der Waals surface area (Å²) in [6, 6.07) is -0.781. The average Bonchev–Trinajstić information content (AvgIpc) is 2.30. The van der Waals surface area contributed by atoms with Gasteiger partial charge in [-0.1, -0.05) is 0 Å². The van der Waals surface area contributed by atoms with Crippen LogP contribution in [-0.4, -0.2) is 17.1 Å². The Labute approximate surface area is 80.0 Å². The van der Waals surface area contributed by atoms with Crippen LogP contribution in [0.1, 0.15) is 12.8 Å². The van der Waals surface area contributed by atoms with Crippen molar-refractivity contribution in [2.75, 3.05) is 0 Å². The first kappa shape index (κ1) is 12.3. The number of hydrogen-bond donors (Lipinski definition) is 2. The van der Waals surface area contributed by atoms with Gasteiger partial charge in [0.05, 0.1) is 5.92 Å². The number of rotatable bonds is 1. The Morgan fingerprint density at radius 2 is 2.08 bits per heavy atom. The molecule has 0 spiro atoms. The van der Waals surface area contributed by atoms with Crippen molar-refractivity contribution in [3.63, 3.8) is 0 Å². The van der Waals surface area contributed by atoms with Crippen molar-refractivity contribution in [2.24, 2.45) is 11.7 Å². The third-order valence-electron chi connectivity index (χ3n) is 2.04. The van der Waals surface area contributed by atoms with Gasteiger partial charge in [-0.2, -0.15) is 8.78 Å². The molecule has 0 heterocycles. The summed E-state index contributed by atoms with van der Waals surface area (Å²) >= 11 is 0. The molecule has 3 N–H and O–H groups in total. The molecule has 0 aromatic rings. The van der Waals surface area contributed by atoms with E-state index in [4.69, 9.17) is 10.8 Å². The highest BCUT2D eigenvalue weighted by Crippen LogP contribution is 2.32. The molecular formula is C7H10ClF2NO2. The lowest BCUT2D eigenvalue weighted by atomic mass is 10.1. The first-order valence-electron chi connectivity index (χ1n) is 3.54. The van der Waals surface area contributed by atoms with Gasteiger partial charge in [0.1, 0.15) is 0 Å². The zero-order valence-electron chi connectivity index (χ0n) is 6.67.